The maximum Gasteiger partial charge on any atom is 0.305 e. The van der Waals surface area contributed by atoms with E-state index in [-0.39, 0.29) is 5.97 Å². The second-order valence-corrected chi connectivity index (χ2v) is 11.5. The van der Waals surface area contributed by atoms with Crippen molar-refractivity contribution in [3.8, 4) is 0 Å². The maximum absolute atomic E-state index is 11.6. The van der Waals surface area contributed by atoms with Gasteiger partial charge in [-0.1, -0.05) is 20.8 Å². The van der Waals surface area contributed by atoms with Crippen molar-refractivity contribution in [1.82, 2.24) is 0 Å². The minimum Gasteiger partial charge on any atom is -0.469 e. The molecule has 160 valence electrons. The van der Waals surface area contributed by atoms with Crippen molar-refractivity contribution in [2.24, 2.45) is 52.1 Å². The van der Waals surface area contributed by atoms with Gasteiger partial charge < -0.3 is 10.5 Å². The standard InChI is InChI=1S/C25H43NO2/c1-16(5-10-23(27)28-4)20-8-9-21-19-7-6-17-15-18(26)11-13-24(17,2)22(19)12-14-25(20,21)3/h16-22H,5-15,26H2,1-4H3/t16-,17-,18-,19+,20-,21+,22+,24+,25-/m1/s1. The summed E-state index contributed by atoms with van der Waals surface area (Å²) < 4.78 is 4.89. The number of esters is 1. The molecule has 4 saturated carbocycles. The molecule has 0 aliphatic heterocycles. The highest BCUT2D eigenvalue weighted by Gasteiger charge is 2.60. The smallest absolute Gasteiger partial charge is 0.305 e. The van der Waals surface area contributed by atoms with Crippen molar-refractivity contribution in [3.05, 3.63) is 0 Å². The zero-order chi connectivity index (χ0) is 20.1. The number of rotatable bonds is 4. The van der Waals surface area contributed by atoms with Gasteiger partial charge in [-0.25, -0.2) is 0 Å². The molecule has 4 fully saturated rings. The first-order valence-electron chi connectivity index (χ1n) is 12.1. The normalized spacial score (nSPS) is 48.9. The SMILES string of the molecule is COC(=O)CC[C@@H](C)[C@H]1CC[C@H]2[C@@H]3CC[C@@H]4C[C@H](N)CC[C@]4(C)[C@H]3CC[C@]12C. The summed E-state index contributed by atoms with van der Waals surface area (Å²) in [5.74, 6) is 5.02. The highest BCUT2D eigenvalue weighted by molar-refractivity contribution is 5.69. The Bertz CT molecular complexity index is 591. The molecule has 4 rings (SSSR count). The van der Waals surface area contributed by atoms with E-state index in [0.29, 0.717) is 29.2 Å². The van der Waals surface area contributed by atoms with Crippen LogP contribution in [-0.4, -0.2) is 19.1 Å². The van der Waals surface area contributed by atoms with Gasteiger partial charge in [0, 0.05) is 12.5 Å². The first kappa shape index (κ1) is 20.7. The van der Waals surface area contributed by atoms with Crippen molar-refractivity contribution < 1.29 is 9.53 Å². The number of hydrogen-bond acceptors (Lipinski definition) is 3. The Kier molecular flexibility index (Phi) is 5.61. The van der Waals surface area contributed by atoms with E-state index in [2.05, 4.69) is 20.8 Å². The largest absolute Gasteiger partial charge is 0.469 e. The Morgan fingerprint density at radius 2 is 1.75 bits per heavy atom. The Labute approximate surface area is 172 Å². The zero-order valence-electron chi connectivity index (χ0n) is 18.7. The number of carbonyl (C=O) groups excluding carboxylic acids is 1. The Morgan fingerprint density at radius 1 is 1.04 bits per heavy atom. The van der Waals surface area contributed by atoms with Gasteiger partial charge in [-0.15, -0.1) is 0 Å². The van der Waals surface area contributed by atoms with E-state index < -0.39 is 0 Å². The summed E-state index contributed by atoms with van der Waals surface area (Å²) in [4.78, 5) is 11.6. The Balaban J connectivity index is 1.48. The second kappa shape index (κ2) is 7.60. The number of fused-ring (bicyclic) bond motifs is 5. The first-order valence-corrected chi connectivity index (χ1v) is 12.1. The van der Waals surface area contributed by atoms with Gasteiger partial charge in [-0.2, -0.15) is 0 Å². The molecule has 0 aromatic rings. The molecule has 0 spiro atoms. The number of nitrogens with two attached hydrogens (primary N) is 1. The fraction of sp³-hybridized carbons (Fsp3) is 0.960. The van der Waals surface area contributed by atoms with E-state index >= 15 is 0 Å². The maximum atomic E-state index is 11.6. The predicted octanol–water partition coefficient (Wildman–Crippen LogP) is 5.56. The van der Waals surface area contributed by atoms with Crippen molar-refractivity contribution in [2.75, 3.05) is 7.11 Å². The van der Waals surface area contributed by atoms with Gasteiger partial charge in [-0.3, -0.25) is 4.79 Å². The van der Waals surface area contributed by atoms with E-state index in [9.17, 15) is 4.79 Å². The summed E-state index contributed by atoms with van der Waals surface area (Å²) in [5.41, 5.74) is 7.39. The Hall–Kier alpha value is -0.570. The van der Waals surface area contributed by atoms with E-state index in [1.807, 2.05) is 0 Å². The van der Waals surface area contributed by atoms with Gasteiger partial charge in [0.15, 0.2) is 0 Å². The topological polar surface area (TPSA) is 52.3 Å². The molecule has 3 heteroatoms. The monoisotopic (exact) mass is 389 g/mol. The molecule has 2 N–H and O–H groups in total. The van der Waals surface area contributed by atoms with E-state index in [4.69, 9.17) is 10.5 Å². The molecular formula is C25H43NO2. The van der Waals surface area contributed by atoms with Gasteiger partial charge in [0.05, 0.1) is 7.11 Å². The van der Waals surface area contributed by atoms with Crippen LogP contribution in [0.2, 0.25) is 0 Å². The van der Waals surface area contributed by atoms with Crippen molar-refractivity contribution in [3.63, 3.8) is 0 Å². The average molecular weight is 390 g/mol. The first-order chi connectivity index (χ1) is 13.3. The summed E-state index contributed by atoms with van der Waals surface area (Å²) in [6.07, 6.45) is 13.9. The van der Waals surface area contributed by atoms with Crippen LogP contribution in [0.3, 0.4) is 0 Å². The molecule has 28 heavy (non-hydrogen) atoms. The van der Waals surface area contributed by atoms with Crippen LogP contribution in [0.5, 0.6) is 0 Å². The molecule has 0 bridgehead atoms. The third-order valence-electron chi connectivity index (χ3n) is 10.5. The highest BCUT2D eigenvalue weighted by Crippen LogP contribution is 2.68. The summed E-state index contributed by atoms with van der Waals surface area (Å²) in [5, 5.41) is 0. The quantitative estimate of drug-likeness (QED) is 0.640. The van der Waals surface area contributed by atoms with Crippen LogP contribution < -0.4 is 5.73 Å². The van der Waals surface area contributed by atoms with Gasteiger partial charge in [-0.05, 0) is 111 Å². The van der Waals surface area contributed by atoms with E-state index in [0.717, 1.165) is 36.0 Å². The summed E-state index contributed by atoms with van der Waals surface area (Å²) in [6.45, 7) is 7.65. The van der Waals surface area contributed by atoms with Crippen LogP contribution in [0.15, 0.2) is 0 Å². The van der Waals surface area contributed by atoms with Gasteiger partial charge in [0.1, 0.15) is 0 Å². The van der Waals surface area contributed by atoms with Gasteiger partial charge in [0.2, 0.25) is 0 Å². The lowest BCUT2D eigenvalue weighted by Crippen LogP contribution is -2.54. The van der Waals surface area contributed by atoms with E-state index in [1.54, 1.807) is 0 Å². The van der Waals surface area contributed by atoms with E-state index in [1.165, 1.54) is 64.9 Å². The highest BCUT2D eigenvalue weighted by atomic mass is 16.5. The van der Waals surface area contributed by atoms with Crippen LogP contribution in [0.25, 0.3) is 0 Å². The third-order valence-corrected chi connectivity index (χ3v) is 10.5. The molecule has 0 aromatic heterocycles. The molecule has 0 heterocycles. The predicted molar refractivity (Wildman–Crippen MR) is 114 cm³/mol. The molecule has 0 aromatic carbocycles. The summed E-state index contributed by atoms with van der Waals surface area (Å²) >= 11 is 0. The molecular weight excluding hydrogens is 346 g/mol. The minimum atomic E-state index is -0.0444. The fourth-order valence-corrected chi connectivity index (χ4v) is 8.92. The second-order valence-electron chi connectivity index (χ2n) is 11.5. The third kappa shape index (κ3) is 3.24. The van der Waals surface area contributed by atoms with Crippen LogP contribution >= 0.6 is 0 Å². The fourth-order valence-electron chi connectivity index (χ4n) is 8.92. The lowest BCUT2D eigenvalue weighted by molar-refractivity contribution is -0.141. The number of carbonyl (C=O) groups is 1. The van der Waals surface area contributed by atoms with Crippen LogP contribution in [-0.2, 0) is 9.53 Å². The van der Waals surface area contributed by atoms with Crippen LogP contribution in [0.1, 0.15) is 91.4 Å². The Morgan fingerprint density at radius 3 is 2.50 bits per heavy atom. The van der Waals surface area contributed by atoms with Crippen molar-refractivity contribution >= 4 is 5.97 Å². The molecule has 4 aliphatic rings. The number of hydrogen-bond donors (Lipinski definition) is 1. The molecule has 3 nitrogen and oxygen atoms in total. The van der Waals surface area contributed by atoms with Crippen LogP contribution in [0, 0.1) is 46.3 Å². The van der Waals surface area contributed by atoms with Crippen molar-refractivity contribution in [1.29, 1.82) is 0 Å². The molecule has 0 saturated heterocycles. The zero-order valence-corrected chi connectivity index (χ0v) is 18.7. The number of ether oxygens (including phenoxy) is 1. The lowest BCUT2D eigenvalue weighted by Gasteiger charge is -2.61. The van der Waals surface area contributed by atoms with Gasteiger partial charge >= 0.3 is 5.97 Å². The summed E-state index contributed by atoms with van der Waals surface area (Å²) in [7, 11) is 1.51. The van der Waals surface area contributed by atoms with Gasteiger partial charge in [0.25, 0.3) is 0 Å². The summed E-state index contributed by atoms with van der Waals surface area (Å²) in [6, 6.07) is 0.454. The molecule has 0 radical (unpaired) electrons. The number of methoxy groups -OCH3 is 1. The van der Waals surface area contributed by atoms with Crippen molar-refractivity contribution in [2.45, 2.75) is 97.4 Å². The lowest BCUT2D eigenvalue weighted by atomic mass is 9.44. The van der Waals surface area contributed by atoms with Crippen LogP contribution in [0.4, 0.5) is 0 Å². The molecule has 0 unspecified atom stereocenters. The average Bonchev–Trinajstić information content (AvgIpc) is 3.03. The molecule has 4 aliphatic carbocycles. The minimum absolute atomic E-state index is 0.0444. The molecule has 0 amide bonds. The molecule has 9 atom stereocenters.